The van der Waals surface area contributed by atoms with E-state index in [2.05, 4.69) is 15.2 Å². The smallest absolute Gasteiger partial charge is 0.259 e. The highest BCUT2D eigenvalue weighted by Crippen LogP contribution is 2.47. The van der Waals surface area contributed by atoms with Gasteiger partial charge in [0.2, 0.25) is 5.43 Å². The number of carbonyl (C=O) groups is 1. The van der Waals surface area contributed by atoms with E-state index in [0.29, 0.717) is 67.4 Å². The molecule has 0 bridgehead atoms. The summed E-state index contributed by atoms with van der Waals surface area (Å²) in [6.07, 6.45) is 3.76. The molecule has 1 fully saturated rings. The second-order valence-electron chi connectivity index (χ2n) is 11.9. The molecular formula is C36H32FN5O5. The van der Waals surface area contributed by atoms with Crippen LogP contribution in [-0.2, 0) is 11.2 Å². The summed E-state index contributed by atoms with van der Waals surface area (Å²) in [7, 11) is 1.65. The molecule has 10 nitrogen and oxygen atoms in total. The molecular weight excluding hydrogens is 601 g/mol. The Morgan fingerprint density at radius 1 is 1.02 bits per heavy atom. The van der Waals surface area contributed by atoms with Crippen LogP contribution in [0.15, 0.2) is 82.3 Å². The predicted octanol–water partition coefficient (Wildman–Crippen LogP) is 5.59. The standard InChI is InChI=1S/C36H32FN5O5/c1-40(12-9-22-6-4-5-10-38-22)36(44)26-21-42-28-20-30-24(23-7-2-3-8-29(23)46-30)19-31(28)47-35-32(27(37)18-25(33(35)42)34(26)43)39-11-13-41-14-16-45-17-15-41/h2-8,10,18-21,39H,9,11-17H2,1H3. The lowest BCUT2D eigenvalue weighted by Crippen LogP contribution is -2.39. The molecule has 11 heteroatoms. The van der Waals surface area contributed by atoms with Crippen molar-refractivity contribution in [3.8, 4) is 17.2 Å². The van der Waals surface area contributed by atoms with Gasteiger partial charge in [0.15, 0.2) is 17.3 Å². The third-order valence-corrected chi connectivity index (χ3v) is 8.97. The van der Waals surface area contributed by atoms with Crippen LogP contribution < -0.4 is 15.5 Å². The minimum absolute atomic E-state index is 0.0514. The zero-order valence-corrected chi connectivity index (χ0v) is 25.8. The number of halogens is 1. The SMILES string of the molecule is CN(CCc1ccccn1)C(=O)c1cn2c3c(c(NCCN4CCOCC4)c(F)cc3c1=O)Oc1cc3c(cc1-2)oc1ccccc13. The molecule has 1 amide bonds. The number of rotatable bonds is 8. The van der Waals surface area contributed by atoms with Gasteiger partial charge in [-0.1, -0.05) is 24.3 Å². The van der Waals surface area contributed by atoms with E-state index in [-0.39, 0.29) is 22.4 Å². The number of furan rings is 1. The predicted molar refractivity (Wildman–Crippen MR) is 178 cm³/mol. The van der Waals surface area contributed by atoms with Crippen LogP contribution in [0.25, 0.3) is 38.5 Å². The van der Waals surface area contributed by atoms with Gasteiger partial charge in [0, 0.05) is 81.1 Å². The fourth-order valence-electron chi connectivity index (χ4n) is 6.45. The van der Waals surface area contributed by atoms with Crippen LogP contribution in [0.4, 0.5) is 10.1 Å². The molecule has 0 unspecified atom stereocenters. The van der Waals surface area contributed by atoms with E-state index in [1.165, 1.54) is 11.0 Å². The number of amides is 1. The maximum absolute atomic E-state index is 16.0. The molecule has 3 aromatic carbocycles. The average molecular weight is 634 g/mol. The minimum atomic E-state index is -0.635. The molecule has 6 aromatic rings. The summed E-state index contributed by atoms with van der Waals surface area (Å²) in [5.74, 6) is -0.458. The van der Waals surface area contributed by atoms with Crippen molar-refractivity contribution in [3.63, 3.8) is 0 Å². The van der Waals surface area contributed by atoms with Gasteiger partial charge in [-0.05, 0) is 30.3 Å². The normalized spacial score (nSPS) is 14.3. The van der Waals surface area contributed by atoms with Gasteiger partial charge in [0.25, 0.3) is 5.91 Å². The van der Waals surface area contributed by atoms with Gasteiger partial charge in [0.1, 0.15) is 27.9 Å². The van der Waals surface area contributed by atoms with Crippen molar-refractivity contribution in [3.05, 3.63) is 100 Å². The van der Waals surface area contributed by atoms with Gasteiger partial charge in [-0.2, -0.15) is 0 Å². The molecule has 5 heterocycles. The fourth-order valence-corrected chi connectivity index (χ4v) is 6.45. The third-order valence-electron chi connectivity index (χ3n) is 8.97. The molecule has 0 saturated carbocycles. The van der Waals surface area contributed by atoms with Crippen LogP contribution in [0.5, 0.6) is 11.5 Å². The highest BCUT2D eigenvalue weighted by molar-refractivity contribution is 6.07. The number of aromatic nitrogens is 2. The van der Waals surface area contributed by atoms with E-state index < -0.39 is 17.2 Å². The highest BCUT2D eigenvalue weighted by atomic mass is 19.1. The van der Waals surface area contributed by atoms with E-state index in [1.54, 1.807) is 24.0 Å². The molecule has 2 aliphatic heterocycles. The summed E-state index contributed by atoms with van der Waals surface area (Å²) < 4.78 is 35.9. The lowest BCUT2D eigenvalue weighted by molar-refractivity contribution is 0.0398. The van der Waals surface area contributed by atoms with Crippen LogP contribution >= 0.6 is 0 Å². The van der Waals surface area contributed by atoms with Crippen molar-refractivity contribution in [2.24, 2.45) is 0 Å². The van der Waals surface area contributed by atoms with Crippen molar-refractivity contribution < 1.29 is 23.1 Å². The average Bonchev–Trinajstić information content (AvgIpc) is 3.46. The molecule has 238 valence electrons. The maximum atomic E-state index is 16.0. The first kappa shape index (κ1) is 29.2. The monoisotopic (exact) mass is 633 g/mol. The van der Waals surface area contributed by atoms with Gasteiger partial charge < -0.3 is 28.7 Å². The Morgan fingerprint density at radius 3 is 2.68 bits per heavy atom. The van der Waals surface area contributed by atoms with Crippen LogP contribution in [0.1, 0.15) is 16.1 Å². The van der Waals surface area contributed by atoms with Crippen LogP contribution in [0.3, 0.4) is 0 Å². The van der Waals surface area contributed by atoms with Crippen LogP contribution in [-0.4, -0.2) is 78.2 Å². The third kappa shape index (κ3) is 5.17. The largest absolute Gasteiger partial charge is 0.456 e. The first-order valence-electron chi connectivity index (χ1n) is 15.7. The van der Waals surface area contributed by atoms with Crippen LogP contribution in [0.2, 0.25) is 0 Å². The molecule has 0 radical (unpaired) electrons. The fraction of sp³-hybridized carbons (Fsp3) is 0.250. The lowest BCUT2D eigenvalue weighted by atomic mass is 10.0. The number of para-hydroxylation sites is 1. The molecule has 8 rings (SSSR count). The maximum Gasteiger partial charge on any atom is 0.259 e. The Labute approximate surface area is 268 Å². The number of ether oxygens (including phenoxy) is 2. The Balaban J connectivity index is 1.24. The van der Waals surface area contributed by atoms with Crippen molar-refractivity contribution in [2.45, 2.75) is 6.42 Å². The summed E-state index contributed by atoms with van der Waals surface area (Å²) >= 11 is 0. The number of carbonyl (C=O) groups excluding carboxylic acids is 1. The van der Waals surface area contributed by atoms with Gasteiger partial charge in [0.05, 0.1) is 24.3 Å². The van der Waals surface area contributed by atoms with Crippen molar-refractivity contribution in [1.29, 1.82) is 0 Å². The zero-order chi connectivity index (χ0) is 32.1. The Hall–Kier alpha value is -5.26. The zero-order valence-electron chi connectivity index (χ0n) is 25.8. The number of nitrogens with one attached hydrogen (secondary N) is 1. The van der Waals surface area contributed by atoms with Crippen molar-refractivity contribution >= 4 is 44.4 Å². The summed E-state index contributed by atoms with van der Waals surface area (Å²) in [6.45, 7) is 4.43. The van der Waals surface area contributed by atoms with Gasteiger partial charge in [-0.3, -0.25) is 19.5 Å². The highest BCUT2D eigenvalue weighted by Gasteiger charge is 2.30. The van der Waals surface area contributed by atoms with E-state index in [4.69, 9.17) is 13.9 Å². The first-order valence-corrected chi connectivity index (χ1v) is 15.7. The van der Waals surface area contributed by atoms with Crippen molar-refractivity contribution in [2.75, 3.05) is 58.3 Å². The molecule has 3 aromatic heterocycles. The van der Waals surface area contributed by atoms with Gasteiger partial charge in [-0.15, -0.1) is 0 Å². The summed E-state index contributed by atoms with van der Waals surface area (Å²) in [6, 6.07) is 18.2. The van der Waals surface area contributed by atoms with Crippen LogP contribution in [0, 0.1) is 5.82 Å². The van der Waals surface area contributed by atoms with E-state index >= 15 is 4.39 Å². The Bertz CT molecular complexity index is 2230. The van der Waals surface area contributed by atoms with E-state index in [1.807, 2.05) is 54.6 Å². The molecule has 47 heavy (non-hydrogen) atoms. The second kappa shape index (κ2) is 11.8. The Kier molecular flexibility index (Phi) is 7.34. The number of anilines is 1. The van der Waals surface area contributed by atoms with Crippen molar-refractivity contribution in [1.82, 2.24) is 19.4 Å². The molecule has 0 aliphatic carbocycles. The molecule has 0 spiro atoms. The topological polar surface area (TPSA) is 102 Å². The number of fused-ring (bicyclic) bond motifs is 5. The molecule has 0 atom stereocenters. The number of likely N-dealkylation sites (N-methyl/N-ethyl adjacent to an activating group) is 1. The van der Waals surface area contributed by atoms with Gasteiger partial charge >= 0.3 is 0 Å². The number of hydrogen-bond acceptors (Lipinski definition) is 8. The number of benzene rings is 3. The van der Waals surface area contributed by atoms with E-state index in [9.17, 15) is 9.59 Å². The molecule has 1 saturated heterocycles. The summed E-state index contributed by atoms with van der Waals surface area (Å²) in [5, 5.41) is 5.04. The lowest BCUT2D eigenvalue weighted by Gasteiger charge is -2.28. The number of hydrogen-bond donors (Lipinski definition) is 1. The number of nitrogens with zero attached hydrogens (tertiary/aromatic N) is 4. The molecule has 2 aliphatic rings. The summed E-state index contributed by atoms with van der Waals surface area (Å²) in [5.41, 5.74) is 2.64. The Morgan fingerprint density at radius 2 is 1.85 bits per heavy atom. The molecule has 1 N–H and O–H groups in total. The number of pyridine rings is 2. The quantitative estimate of drug-likeness (QED) is 0.231. The number of morpholine rings is 1. The minimum Gasteiger partial charge on any atom is -0.456 e. The van der Waals surface area contributed by atoms with E-state index in [0.717, 1.165) is 29.6 Å². The second-order valence-corrected chi connectivity index (χ2v) is 11.9. The summed E-state index contributed by atoms with van der Waals surface area (Å²) in [4.78, 5) is 35.8. The first-order chi connectivity index (χ1) is 23.0. The van der Waals surface area contributed by atoms with Gasteiger partial charge in [-0.25, -0.2) is 4.39 Å².